The largest absolute Gasteiger partial charge is 0.289 e. The molecule has 4 aromatic rings. The summed E-state index contributed by atoms with van der Waals surface area (Å²) < 4.78 is 0.991. The molecule has 6 heteroatoms. The lowest BCUT2D eigenvalue weighted by atomic mass is 10.0. The van der Waals surface area contributed by atoms with Crippen molar-refractivity contribution < 1.29 is 4.79 Å². The van der Waals surface area contributed by atoms with E-state index >= 15 is 0 Å². The van der Waals surface area contributed by atoms with Gasteiger partial charge in [-0.2, -0.15) is 10.2 Å². The molecule has 0 aliphatic heterocycles. The number of carbonyl (C=O) groups is 1. The Labute approximate surface area is 183 Å². The number of H-pyrrole nitrogens is 1. The molecule has 0 saturated heterocycles. The minimum absolute atomic E-state index is 0.342. The summed E-state index contributed by atoms with van der Waals surface area (Å²) in [7, 11) is 0. The van der Waals surface area contributed by atoms with Crippen LogP contribution in [0.5, 0.6) is 0 Å². The Balaban J connectivity index is 1.45. The smallest absolute Gasteiger partial charge is 0.272 e. The molecule has 0 spiro atoms. The number of nitrogens with zero attached hydrogens (tertiary/aromatic N) is 2. The van der Waals surface area contributed by atoms with E-state index in [0.29, 0.717) is 17.1 Å². The Kier molecular flexibility index (Phi) is 5.86. The molecule has 0 fully saturated rings. The van der Waals surface area contributed by atoms with Gasteiger partial charge in [0.05, 0.1) is 11.4 Å². The van der Waals surface area contributed by atoms with E-state index in [1.54, 1.807) is 6.07 Å². The maximum atomic E-state index is 12.4. The number of amides is 1. The van der Waals surface area contributed by atoms with Gasteiger partial charge in [0.2, 0.25) is 0 Å². The lowest BCUT2D eigenvalue weighted by Crippen LogP contribution is -2.19. The summed E-state index contributed by atoms with van der Waals surface area (Å²) in [6.07, 6.45) is 0. The molecule has 0 atom stereocenters. The summed E-state index contributed by atoms with van der Waals surface area (Å²) >= 11 is 3.40. The third kappa shape index (κ3) is 4.55. The molecule has 5 nitrogen and oxygen atoms in total. The maximum Gasteiger partial charge on any atom is 0.289 e. The van der Waals surface area contributed by atoms with Crippen LogP contribution in [0.3, 0.4) is 0 Å². The van der Waals surface area contributed by atoms with Crippen LogP contribution in [0.4, 0.5) is 0 Å². The molecular formula is C24H19BrN4O. The van der Waals surface area contributed by atoms with Gasteiger partial charge in [0.1, 0.15) is 5.69 Å². The fraction of sp³-hybridized carbons (Fsp3) is 0.0417. The Morgan fingerprint density at radius 3 is 2.23 bits per heavy atom. The van der Waals surface area contributed by atoms with E-state index in [-0.39, 0.29) is 5.91 Å². The summed E-state index contributed by atoms with van der Waals surface area (Å²) in [6, 6.07) is 27.7. The summed E-state index contributed by atoms with van der Waals surface area (Å²) in [5, 5.41) is 11.2. The van der Waals surface area contributed by atoms with Crippen molar-refractivity contribution in [2.75, 3.05) is 0 Å². The van der Waals surface area contributed by atoms with Crippen molar-refractivity contribution in [2.24, 2.45) is 5.10 Å². The molecule has 0 unspecified atom stereocenters. The molecule has 0 aliphatic rings. The van der Waals surface area contributed by atoms with E-state index in [0.717, 1.165) is 26.7 Å². The highest BCUT2D eigenvalue weighted by molar-refractivity contribution is 9.10. The van der Waals surface area contributed by atoms with Crippen molar-refractivity contribution in [2.45, 2.75) is 6.92 Å². The topological polar surface area (TPSA) is 70.1 Å². The van der Waals surface area contributed by atoms with Crippen LogP contribution in [0.15, 0.2) is 94.5 Å². The van der Waals surface area contributed by atoms with Crippen LogP contribution in [0.1, 0.15) is 23.0 Å². The van der Waals surface area contributed by atoms with Gasteiger partial charge in [-0.1, -0.05) is 82.7 Å². The summed E-state index contributed by atoms with van der Waals surface area (Å²) in [4.78, 5) is 12.4. The average molecular weight is 459 g/mol. The summed E-state index contributed by atoms with van der Waals surface area (Å²) in [5.41, 5.74) is 8.49. The first-order chi connectivity index (χ1) is 14.6. The van der Waals surface area contributed by atoms with E-state index in [4.69, 9.17) is 0 Å². The minimum atomic E-state index is -0.342. The molecule has 148 valence electrons. The lowest BCUT2D eigenvalue weighted by molar-refractivity contribution is 0.0950. The SMILES string of the molecule is C/C(=N/NC(=O)c1cc(-c2ccc(-c3ccccc3)cc2)n[nH]1)c1ccc(Br)cc1. The molecule has 3 aromatic carbocycles. The highest BCUT2D eigenvalue weighted by Gasteiger charge is 2.11. The van der Waals surface area contributed by atoms with E-state index < -0.39 is 0 Å². The van der Waals surface area contributed by atoms with Crippen LogP contribution >= 0.6 is 15.9 Å². The van der Waals surface area contributed by atoms with Crippen LogP contribution in [0.2, 0.25) is 0 Å². The zero-order valence-electron chi connectivity index (χ0n) is 16.3. The van der Waals surface area contributed by atoms with Gasteiger partial charge in [-0.25, -0.2) is 5.43 Å². The highest BCUT2D eigenvalue weighted by Crippen LogP contribution is 2.24. The normalized spacial score (nSPS) is 11.3. The number of hydrogen-bond acceptors (Lipinski definition) is 3. The molecule has 1 aromatic heterocycles. The fourth-order valence-corrected chi connectivity index (χ4v) is 3.26. The monoisotopic (exact) mass is 458 g/mol. The van der Waals surface area contributed by atoms with Crippen molar-refractivity contribution in [1.82, 2.24) is 15.6 Å². The number of aromatic amines is 1. The van der Waals surface area contributed by atoms with Crippen LogP contribution in [-0.2, 0) is 0 Å². The third-order valence-corrected chi connectivity index (χ3v) is 5.23. The van der Waals surface area contributed by atoms with Crippen molar-refractivity contribution in [1.29, 1.82) is 0 Å². The predicted molar refractivity (Wildman–Crippen MR) is 123 cm³/mol. The van der Waals surface area contributed by atoms with Gasteiger partial charge >= 0.3 is 0 Å². The number of halogens is 1. The van der Waals surface area contributed by atoms with Gasteiger partial charge in [-0.05, 0) is 41.8 Å². The Morgan fingerprint density at radius 1 is 0.900 bits per heavy atom. The molecule has 0 saturated carbocycles. The highest BCUT2D eigenvalue weighted by atomic mass is 79.9. The van der Waals surface area contributed by atoms with Crippen LogP contribution < -0.4 is 5.43 Å². The first-order valence-electron chi connectivity index (χ1n) is 9.42. The minimum Gasteiger partial charge on any atom is -0.272 e. The van der Waals surface area contributed by atoms with E-state index in [9.17, 15) is 4.79 Å². The molecule has 2 N–H and O–H groups in total. The van der Waals surface area contributed by atoms with Gasteiger partial charge in [-0.15, -0.1) is 0 Å². The number of hydrogen-bond donors (Lipinski definition) is 2. The van der Waals surface area contributed by atoms with Crippen molar-refractivity contribution in [3.63, 3.8) is 0 Å². The quantitative estimate of drug-likeness (QED) is 0.299. The van der Waals surface area contributed by atoms with Crippen molar-refractivity contribution in [3.05, 3.63) is 101 Å². The van der Waals surface area contributed by atoms with Crippen LogP contribution in [0, 0.1) is 0 Å². The zero-order chi connectivity index (χ0) is 20.9. The Bertz CT molecular complexity index is 1180. The number of hydrazone groups is 1. The first-order valence-corrected chi connectivity index (χ1v) is 10.2. The predicted octanol–water partition coefficient (Wildman–Crippen LogP) is 5.66. The number of rotatable bonds is 5. The summed E-state index contributed by atoms with van der Waals surface area (Å²) in [5.74, 6) is -0.342. The zero-order valence-corrected chi connectivity index (χ0v) is 17.8. The van der Waals surface area contributed by atoms with Crippen LogP contribution in [-0.4, -0.2) is 21.8 Å². The third-order valence-electron chi connectivity index (χ3n) is 4.70. The number of nitrogens with one attached hydrogen (secondary N) is 2. The molecule has 30 heavy (non-hydrogen) atoms. The average Bonchev–Trinajstić information content (AvgIpc) is 3.29. The van der Waals surface area contributed by atoms with Crippen molar-refractivity contribution >= 4 is 27.5 Å². The maximum absolute atomic E-state index is 12.4. The van der Waals surface area contributed by atoms with Gasteiger partial charge in [0.15, 0.2) is 0 Å². The van der Waals surface area contributed by atoms with Crippen LogP contribution in [0.25, 0.3) is 22.4 Å². The van der Waals surface area contributed by atoms with E-state index in [1.807, 2.05) is 73.7 Å². The molecule has 0 bridgehead atoms. The molecular weight excluding hydrogens is 440 g/mol. The van der Waals surface area contributed by atoms with Gasteiger partial charge in [0, 0.05) is 10.0 Å². The molecule has 1 amide bonds. The molecule has 1 heterocycles. The second-order valence-electron chi connectivity index (χ2n) is 6.76. The second-order valence-corrected chi connectivity index (χ2v) is 7.67. The molecule has 4 rings (SSSR count). The van der Waals surface area contributed by atoms with E-state index in [2.05, 4.69) is 48.8 Å². The lowest BCUT2D eigenvalue weighted by Gasteiger charge is -2.02. The standard InChI is InChI=1S/C24H19BrN4O/c1-16(17-11-13-21(25)14-12-17)26-29-24(30)23-15-22(27-28-23)20-9-7-19(8-10-20)18-5-3-2-4-6-18/h2-15H,1H3,(H,27,28)(H,29,30)/b26-16-. The Morgan fingerprint density at radius 2 is 1.53 bits per heavy atom. The van der Waals surface area contributed by atoms with Gasteiger partial charge in [0.25, 0.3) is 5.91 Å². The fourth-order valence-electron chi connectivity index (χ4n) is 3.00. The second kappa shape index (κ2) is 8.88. The molecule has 0 radical (unpaired) electrons. The number of aromatic nitrogens is 2. The number of benzene rings is 3. The summed E-state index contributed by atoms with van der Waals surface area (Å²) in [6.45, 7) is 1.84. The van der Waals surface area contributed by atoms with Crippen molar-refractivity contribution in [3.8, 4) is 22.4 Å². The Hall–Kier alpha value is -3.51. The molecule has 0 aliphatic carbocycles. The van der Waals surface area contributed by atoms with Gasteiger partial charge in [-0.3, -0.25) is 9.89 Å². The van der Waals surface area contributed by atoms with E-state index in [1.165, 1.54) is 0 Å². The first kappa shape index (κ1) is 19.8. The van der Waals surface area contributed by atoms with Gasteiger partial charge < -0.3 is 0 Å². The number of carbonyl (C=O) groups excluding carboxylic acids is 1.